The van der Waals surface area contributed by atoms with E-state index >= 15 is 0 Å². The van der Waals surface area contributed by atoms with Crippen LogP contribution in [-0.4, -0.2) is 18.1 Å². The molecule has 0 aliphatic heterocycles. The second-order valence-electron chi connectivity index (χ2n) is 3.91. The van der Waals surface area contributed by atoms with Gasteiger partial charge in [-0.2, -0.15) is 0 Å². The SMILES string of the molecule is CN(Cc1ccsc1C(=O)O)c1ccc(F)cc1. The van der Waals surface area contributed by atoms with Crippen LogP contribution in [0.4, 0.5) is 10.1 Å². The molecule has 0 atom stereocenters. The van der Waals surface area contributed by atoms with Gasteiger partial charge in [0.15, 0.2) is 0 Å². The molecule has 0 fully saturated rings. The Morgan fingerprint density at radius 1 is 1.33 bits per heavy atom. The highest BCUT2D eigenvalue weighted by Crippen LogP contribution is 2.21. The molecule has 2 aromatic rings. The second kappa shape index (κ2) is 5.18. The van der Waals surface area contributed by atoms with Gasteiger partial charge in [-0.3, -0.25) is 0 Å². The fraction of sp³-hybridized carbons (Fsp3) is 0.154. The van der Waals surface area contributed by atoms with Crippen LogP contribution in [-0.2, 0) is 6.54 Å². The number of benzene rings is 1. The number of thiophene rings is 1. The first-order valence-corrected chi connectivity index (χ1v) is 6.22. The molecule has 5 heteroatoms. The molecule has 0 aliphatic carbocycles. The monoisotopic (exact) mass is 265 g/mol. The van der Waals surface area contributed by atoms with Gasteiger partial charge < -0.3 is 10.0 Å². The normalized spacial score (nSPS) is 10.3. The molecule has 1 N–H and O–H groups in total. The summed E-state index contributed by atoms with van der Waals surface area (Å²) in [6.07, 6.45) is 0. The van der Waals surface area contributed by atoms with E-state index in [1.165, 1.54) is 23.5 Å². The van der Waals surface area contributed by atoms with Crippen LogP contribution in [0.15, 0.2) is 35.7 Å². The van der Waals surface area contributed by atoms with Crippen molar-refractivity contribution in [1.29, 1.82) is 0 Å². The van der Waals surface area contributed by atoms with Gasteiger partial charge in [-0.05, 0) is 41.3 Å². The third kappa shape index (κ3) is 2.68. The molecule has 1 aromatic carbocycles. The zero-order valence-electron chi connectivity index (χ0n) is 9.76. The van der Waals surface area contributed by atoms with E-state index in [0.29, 0.717) is 11.4 Å². The molecule has 0 spiro atoms. The Morgan fingerprint density at radius 2 is 2.00 bits per heavy atom. The van der Waals surface area contributed by atoms with Crippen LogP contribution < -0.4 is 4.90 Å². The van der Waals surface area contributed by atoms with E-state index in [2.05, 4.69) is 0 Å². The topological polar surface area (TPSA) is 40.5 Å². The van der Waals surface area contributed by atoms with Crippen LogP contribution in [0.25, 0.3) is 0 Å². The summed E-state index contributed by atoms with van der Waals surface area (Å²) in [5, 5.41) is 10.8. The summed E-state index contributed by atoms with van der Waals surface area (Å²) in [6, 6.07) is 7.91. The molecular weight excluding hydrogens is 253 g/mol. The molecule has 0 aliphatic rings. The molecule has 0 bridgehead atoms. The van der Waals surface area contributed by atoms with Crippen LogP contribution in [0.2, 0.25) is 0 Å². The van der Waals surface area contributed by atoms with Crippen molar-refractivity contribution in [2.45, 2.75) is 6.54 Å². The number of hydrogen-bond acceptors (Lipinski definition) is 3. The van der Waals surface area contributed by atoms with E-state index < -0.39 is 5.97 Å². The molecule has 94 valence electrons. The molecular formula is C13H12FNO2S. The van der Waals surface area contributed by atoms with E-state index in [9.17, 15) is 9.18 Å². The third-order valence-corrected chi connectivity index (χ3v) is 3.56. The summed E-state index contributed by atoms with van der Waals surface area (Å²) < 4.78 is 12.8. The number of halogens is 1. The van der Waals surface area contributed by atoms with Gasteiger partial charge in [0.25, 0.3) is 0 Å². The summed E-state index contributed by atoms with van der Waals surface area (Å²) in [7, 11) is 1.84. The molecule has 2 rings (SSSR count). The highest BCUT2D eigenvalue weighted by Gasteiger charge is 2.13. The number of hydrogen-bond donors (Lipinski definition) is 1. The molecule has 1 heterocycles. The number of rotatable bonds is 4. The zero-order chi connectivity index (χ0) is 13.1. The summed E-state index contributed by atoms with van der Waals surface area (Å²) >= 11 is 1.21. The Balaban J connectivity index is 2.16. The Hall–Kier alpha value is -1.88. The van der Waals surface area contributed by atoms with Crippen molar-refractivity contribution in [3.05, 3.63) is 52.0 Å². The van der Waals surface area contributed by atoms with Gasteiger partial charge in [0.05, 0.1) is 0 Å². The smallest absolute Gasteiger partial charge is 0.346 e. The van der Waals surface area contributed by atoms with Crippen molar-refractivity contribution in [2.75, 3.05) is 11.9 Å². The van der Waals surface area contributed by atoms with Gasteiger partial charge in [0.1, 0.15) is 10.7 Å². The minimum atomic E-state index is -0.910. The average molecular weight is 265 g/mol. The first-order valence-electron chi connectivity index (χ1n) is 5.34. The summed E-state index contributed by atoms with van der Waals surface area (Å²) in [6.45, 7) is 0.483. The van der Waals surface area contributed by atoms with Gasteiger partial charge in [-0.25, -0.2) is 9.18 Å². The molecule has 0 saturated carbocycles. The van der Waals surface area contributed by atoms with Gasteiger partial charge in [-0.15, -0.1) is 11.3 Å². The fourth-order valence-electron chi connectivity index (χ4n) is 1.69. The summed E-state index contributed by atoms with van der Waals surface area (Å²) in [5.41, 5.74) is 1.61. The summed E-state index contributed by atoms with van der Waals surface area (Å²) in [5.74, 6) is -1.19. The highest BCUT2D eigenvalue weighted by atomic mass is 32.1. The molecule has 0 radical (unpaired) electrons. The first-order chi connectivity index (χ1) is 8.58. The van der Waals surface area contributed by atoms with Crippen LogP contribution in [0.1, 0.15) is 15.2 Å². The molecule has 0 saturated heterocycles. The minimum Gasteiger partial charge on any atom is -0.477 e. The van der Waals surface area contributed by atoms with Gasteiger partial charge in [0, 0.05) is 19.3 Å². The lowest BCUT2D eigenvalue weighted by molar-refractivity contribution is 0.0701. The van der Waals surface area contributed by atoms with Crippen LogP contribution in [0.5, 0.6) is 0 Å². The van der Waals surface area contributed by atoms with E-state index in [4.69, 9.17) is 5.11 Å². The Labute approximate surface area is 108 Å². The number of carboxylic acids is 1. The molecule has 0 amide bonds. The van der Waals surface area contributed by atoms with Gasteiger partial charge in [0.2, 0.25) is 0 Å². The van der Waals surface area contributed by atoms with E-state index in [-0.39, 0.29) is 5.82 Å². The maximum atomic E-state index is 12.8. The van der Waals surface area contributed by atoms with Crippen molar-refractivity contribution < 1.29 is 14.3 Å². The lowest BCUT2D eigenvalue weighted by atomic mass is 10.2. The lowest BCUT2D eigenvalue weighted by Crippen LogP contribution is -2.17. The second-order valence-corrected chi connectivity index (χ2v) is 4.83. The Kier molecular flexibility index (Phi) is 3.62. The quantitative estimate of drug-likeness (QED) is 0.922. The molecule has 18 heavy (non-hydrogen) atoms. The van der Waals surface area contributed by atoms with Crippen molar-refractivity contribution in [1.82, 2.24) is 0 Å². The van der Waals surface area contributed by atoms with Crippen molar-refractivity contribution in [2.24, 2.45) is 0 Å². The minimum absolute atomic E-state index is 0.283. The highest BCUT2D eigenvalue weighted by molar-refractivity contribution is 7.12. The van der Waals surface area contributed by atoms with Crippen LogP contribution in [0, 0.1) is 5.82 Å². The Bertz CT molecular complexity index is 550. The van der Waals surface area contributed by atoms with Gasteiger partial charge in [-0.1, -0.05) is 0 Å². The maximum Gasteiger partial charge on any atom is 0.346 e. The van der Waals surface area contributed by atoms with E-state index in [1.807, 2.05) is 11.9 Å². The number of nitrogens with zero attached hydrogens (tertiary/aromatic N) is 1. The lowest BCUT2D eigenvalue weighted by Gasteiger charge is -2.19. The van der Waals surface area contributed by atoms with Crippen LogP contribution >= 0.6 is 11.3 Å². The number of carbonyl (C=O) groups is 1. The number of carboxylic acid groups (broad SMARTS) is 1. The molecule has 3 nitrogen and oxygen atoms in total. The maximum absolute atomic E-state index is 12.8. The standard InChI is InChI=1S/C13H12FNO2S/c1-15(11-4-2-10(14)3-5-11)8-9-6-7-18-12(9)13(16)17/h2-7H,8H2,1H3,(H,16,17). The molecule has 1 aromatic heterocycles. The zero-order valence-corrected chi connectivity index (χ0v) is 10.6. The van der Waals surface area contributed by atoms with Crippen LogP contribution in [0.3, 0.4) is 0 Å². The van der Waals surface area contributed by atoms with E-state index in [0.717, 1.165) is 11.3 Å². The number of aromatic carboxylic acids is 1. The predicted octanol–water partition coefficient (Wildman–Crippen LogP) is 3.22. The van der Waals surface area contributed by atoms with Crippen molar-refractivity contribution >= 4 is 23.0 Å². The fourth-order valence-corrected chi connectivity index (χ4v) is 2.44. The van der Waals surface area contributed by atoms with Crippen molar-refractivity contribution in [3.8, 4) is 0 Å². The third-order valence-electron chi connectivity index (χ3n) is 2.62. The number of anilines is 1. The van der Waals surface area contributed by atoms with E-state index in [1.54, 1.807) is 23.6 Å². The largest absolute Gasteiger partial charge is 0.477 e. The van der Waals surface area contributed by atoms with Crippen molar-refractivity contribution in [3.63, 3.8) is 0 Å². The Morgan fingerprint density at radius 3 is 2.61 bits per heavy atom. The summed E-state index contributed by atoms with van der Waals surface area (Å²) in [4.78, 5) is 13.2. The predicted molar refractivity (Wildman–Crippen MR) is 69.8 cm³/mol. The molecule has 0 unspecified atom stereocenters. The van der Waals surface area contributed by atoms with Gasteiger partial charge >= 0.3 is 5.97 Å². The first kappa shape index (κ1) is 12.6. The average Bonchev–Trinajstić information content (AvgIpc) is 2.78.